The van der Waals surface area contributed by atoms with Crippen LogP contribution >= 0.6 is 11.3 Å². The zero-order valence-corrected chi connectivity index (χ0v) is 7.26. The summed E-state index contributed by atoms with van der Waals surface area (Å²) >= 11 is 1.59. The fourth-order valence-corrected chi connectivity index (χ4v) is 1.78. The third kappa shape index (κ3) is 1.41. The van der Waals surface area contributed by atoms with E-state index < -0.39 is 0 Å². The van der Waals surface area contributed by atoms with Gasteiger partial charge in [-0.2, -0.15) is 0 Å². The Labute approximate surface area is 74.5 Å². The molecule has 0 amide bonds. The predicted octanol–water partition coefficient (Wildman–Crippen LogP) is 2.08. The Morgan fingerprint density at radius 2 is 2.42 bits per heavy atom. The Morgan fingerprint density at radius 3 is 3.08 bits per heavy atom. The average Bonchev–Trinajstić information content (AvgIpc) is 2.56. The third-order valence-electron chi connectivity index (χ3n) is 1.66. The second-order valence-electron chi connectivity index (χ2n) is 2.55. The summed E-state index contributed by atoms with van der Waals surface area (Å²) < 4.78 is 5.34. The summed E-state index contributed by atoms with van der Waals surface area (Å²) in [6.07, 6.45) is 2.09. The van der Waals surface area contributed by atoms with E-state index in [1.165, 1.54) is 0 Å². The highest BCUT2D eigenvalue weighted by Gasteiger charge is 2.12. The molecule has 1 aliphatic rings. The molecule has 62 valence electrons. The molecule has 3 heteroatoms. The zero-order valence-electron chi connectivity index (χ0n) is 6.45. The molecule has 0 radical (unpaired) electrons. The maximum atomic E-state index is 11.0. The minimum absolute atomic E-state index is 0.157. The van der Waals surface area contributed by atoms with E-state index in [-0.39, 0.29) is 5.78 Å². The Hall–Kier alpha value is -1.09. The van der Waals surface area contributed by atoms with Crippen LogP contribution in [0, 0.1) is 0 Å². The lowest BCUT2D eigenvalue weighted by Crippen LogP contribution is -2.08. The van der Waals surface area contributed by atoms with E-state index in [0.717, 1.165) is 10.6 Å². The van der Waals surface area contributed by atoms with E-state index in [1.54, 1.807) is 17.4 Å². The quantitative estimate of drug-likeness (QED) is 0.661. The molecule has 12 heavy (non-hydrogen) atoms. The van der Waals surface area contributed by atoms with Crippen molar-refractivity contribution >= 4 is 22.9 Å². The molecule has 0 atom stereocenters. The maximum absolute atomic E-state index is 11.0. The van der Waals surface area contributed by atoms with Gasteiger partial charge in [0.25, 0.3) is 0 Å². The molecule has 2 nitrogen and oxygen atoms in total. The van der Waals surface area contributed by atoms with Gasteiger partial charge in [-0.1, -0.05) is 6.07 Å². The summed E-state index contributed by atoms with van der Waals surface area (Å²) in [5.41, 5.74) is 0. The van der Waals surface area contributed by atoms with E-state index in [1.807, 2.05) is 17.5 Å². The molecule has 0 saturated carbocycles. The van der Waals surface area contributed by atoms with Gasteiger partial charge >= 0.3 is 0 Å². The Balaban J connectivity index is 2.29. The smallest absolute Gasteiger partial charge is 0.162 e. The standard InChI is InChI=1S/C9H8O2S/c10-7-3-4-11-8(6-7)9-2-1-5-12-9/h1-2,5-6H,3-4H2. The first-order chi connectivity index (χ1) is 5.86. The number of allylic oxidation sites excluding steroid dienone is 1. The van der Waals surface area contributed by atoms with Crippen LogP contribution in [0.1, 0.15) is 11.3 Å². The second kappa shape index (κ2) is 3.11. The van der Waals surface area contributed by atoms with Gasteiger partial charge in [-0.25, -0.2) is 0 Å². The SMILES string of the molecule is O=C1C=C(c2cccs2)OCC1. The lowest BCUT2D eigenvalue weighted by molar-refractivity contribution is -0.115. The number of rotatable bonds is 1. The van der Waals surface area contributed by atoms with Crippen molar-refractivity contribution in [1.82, 2.24) is 0 Å². The topological polar surface area (TPSA) is 26.3 Å². The van der Waals surface area contributed by atoms with Crippen LogP contribution in [0.2, 0.25) is 0 Å². The van der Waals surface area contributed by atoms with E-state index >= 15 is 0 Å². The van der Waals surface area contributed by atoms with Crippen molar-refractivity contribution in [2.45, 2.75) is 6.42 Å². The molecule has 0 aliphatic carbocycles. The van der Waals surface area contributed by atoms with E-state index in [2.05, 4.69) is 0 Å². The number of carbonyl (C=O) groups is 1. The Morgan fingerprint density at radius 1 is 1.50 bits per heavy atom. The molecule has 1 aromatic heterocycles. The number of ether oxygens (including phenoxy) is 1. The number of carbonyl (C=O) groups excluding carboxylic acids is 1. The van der Waals surface area contributed by atoms with Gasteiger partial charge in [-0.05, 0) is 11.4 Å². The van der Waals surface area contributed by atoms with Crippen LogP contribution < -0.4 is 0 Å². The lowest BCUT2D eigenvalue weighted by Gasteiger charge is -2.12. The van der Waals surface area contributed by atoms with Gasteiger partial charge in [-0.3, -0.25) is 4.79 Å². The normalized spacial score (nSPS) is 17.0. The van der Waals surface area contributed by atoms with Crippen LogP contribution in [0.3, 0.4) is 0 Å². The van der Waals surface area contributed by atoms with Gasteiger partial charge < -0.3 is 4.74 Å². The highest BCUT2D eigenvalue weighted by Crippen LogP contribution is 2.23. The molecule has 1 aliphatic heterocycles. The highest BCUT2D eigenvalue weighted by atomic mass is 32.1. The van der Waals surface area contributed by atoms with Gasteiger partial charge in [-0.15, -0.1) is 11.3 Å². The molecule has 0 fully saturated rings. The van der Waals surface area contributed by atoms with Gasteiger partial charge in [0, 0.05) is 12.5 Å². The summed E-state index contributed by atoms with van der Waals surface area (Å²) in [5.74, 6) is 0.880. The largest absolute Gasteiger partial charge is 0.492 e. The van der Waals surface area contributed by atoms with E-state index in [0.29, 0.717) is 13.0 Å². The van der Waals surface area contributed by atoms with Crippen LogP contribution in [0.25, 0.3) is 5.76 Å². The predicted molar refractivity (Wildman–Crippen MR) is 47.9 cm³/mol. The number of hydrogen-bond donors (Lipinski definition) is 0. The molecule has 1 aromatic rings. The summed E-state index contributed by atoms with van der Waals surface area (Å²) in [4.78, 5) is 12.0. The number of hydrogen-bond acceptors (Lipinski definition) is 3. The Bertz CT molecular complexity index is 311. The van der Waals surface area contributed by atoms with Crippen molar-refractivity contribution in [3.8, 4) is 0 Å². The van der Waals surface area contributed by atoms with Gasteiger partial charge in [0.05, 0.1) is 11.5 Å². The monoisotopic (exact) mass is 180 g/mol. The fraction of sp³-hybridized carbons (Fsp3) is 0.222. The van der Waals surface area contributed by atoms with Crippen LogP contribution in [0.15, 0.2) is 23.6 Å². The van der Waals surface area contributed by atoms with Crippen molar-refractivity contribution in [1.29, 1.82) is 0 Å². The van der Waals surface area contributed by atoms with Gasteiger partial charge in [0.1, 0.15) is 5.76 Å². The first-order valence-corrected chi connectivity index (χ1v) is 4.65. The van der Waals surface area contributed by atoms with Crippen LogP contribution in [-0.4, -0.2) is 12.4 Å². The van der Waals surface area contributed by atoms with E-state index in [4.69, 9.17) is 4.74 Å². The van der Waals surface area contributed by atoms with Crippen LogP contribution in [-0.2, 0) is 9.53 Å². The number of ketones is 1. The first-order valence-electron chi connectivity index (χ1n) is 3.77. The molecule has 2 heterocycles. The summed E-state index contributed by atoms with van der Waals surface area (Å²) in [5, 5.41) is 1.97. The summed E-state index contributed by atoms with van der Waals surface area (Å²) in [7, 11) is 0. The summed E-state index contributed by atoms with van der Waals surface area (Å²) in [6, 6.07) is 3.90. The van der Waals surface area contributed by atoms with Crippen LogP contribution in [0.5, 0.6) is 0 Å². The molecule has 0 N–H and O–H groups in total. The molecule has 0 spiro atoms. The van der Waals surface area contributed by atoms with E-state index in [9.17, 15) is 4.79 Å². The van der Waals surface area contributed by atoms with Crippen molar-refractivity contribution in [2.75, 3.05) is 6.61 Å². The van der Waals surface area contributed by atoms with Gasteiger partial charge in [0.2, 0.25) is 0 Å². The third-order valence-corrected chi connectivity index (χ3v) is 2.55. The molecule has 0 bridgehead atoms. The van der Waals surface area contributed by atoms with Crippen molar-refractivity contribution in [2.24, 2.45) is 0 Å². The van der Waals surface area contributed by atoms with Gasteiger partial charge in [0.15, 0.2) is 5.78 Å². The zero-order chi connectivity index (χ0) is 8.39. The minimum atomic E-state index is 0.157. The minimum Gasteiger partial charge on any atom is -0.492 e. The highest BCUT2D eigenvalue weighted by molar-refractivity contribution is 7.11. The van der Waals surface area contributed by atoms with Crippen molar-refractivity contribution in [3.63, 3.8) is 0 Å². The summed E-state index contributed by atoms with van der Waals surface area (Å²) in [6.45, 7) is 0.516. The van der Waals surface area contributed by atoms with Crippen molar-refractivity contribution < 1.29 is 9.53 Å². The molecular weight excluding hydrogens is 172 g/mol. The molecule has 0 saturated heterocycles. The van der Waals surface area contributed by atoms with Crippen LogP contribution in [0.4, 0.5) is 0 Å². The second-order valence-corrected chi connectivity index (χ2v) is 3.50. The molecular formula is C9H8O2S. The first kappa shape index (κ1) is 7.55. The molecule has 2 rings (SSSR count). The fourth-order valence-electron chi connectivity index (χ4n) is 1.08. The Kier molecular flexibility index (Phi) is 1.96. The molecule has 0 unspecified atom stereocenters. The molecule has 0 aromatic carbocycles. The lowest BCUT2D eigenvalue weighted by atomic mass is 10.2. The number of thiophene rings is 1. The maximum Gasteiger partial charge on any atom is 0.162 e. The average molecular weight is 180 g/mol. The van der Waals surface area contributed by atoms with Crippen molar-refractivity contribution in [3.05, 3.63) is 28.5 Å².